The maximum absolute atomic E-state index is 15.9. The van der Waals surface area contributed by atoms with Gasteiger partial charge in [0.05, 0.1) is 0 Å². The lowest BCUT2D eigenvalue weighted by Crippen LogP contribution is -2.58. The van der Waals surface area contributed by atoms with Gasteiger partial charge >= 0.3 is 0 Å². The van der Waals surface area contributed by atoms with Gasteiger partial charge in [-0.15, -0.1) is 0 Å². The number of rotatable bonds is 6. The molecule has 356 valence electrons. The van der Waals surface area contributed by atoms with Gasteiger partial charge < -0.3 is 4.74 Å². The van der Waals surface area contributed by atoms with Crippen molar-refractivity contribution in [2.24, 2.45) is 0 Å². The van der Waals surface area contributed by atoms with Crippen molar-refractivity contribution in [1.29, 1.82) is 0 Å². The lowest BCUT2D eigenvalue weighted by molar-refractivity contribution is 0.382. The molecule has 1 nitrogen and oxygen atoms in total. The van der Waals surface area contributed by atoms with E-state index in [-0.39, 0.29) is 49.2 Å². The van der Waals surface area contributed by atoms with Crippen LogP contribution in [0.3, 0.4) is 0 Å². The molecule has 0 atom stereocenters. The average Bonchev–Trinajstić information content (AvgIpc) is 3.37. The molecular formula is C48H12B2F20O. The predicted octanol–water partition coefficient (Wildman–Crippen LogP) is 10.7. The molecule has 0 spiro atoms. The zero-order valence-corrected chi connectivity index (χ0v) is 34.1. The SMILES string of the molecule is Fc1c(F)c(F)c(B(c2ccc3c(c2)Oc2cccc4c2c-3cc2c3ccccc3c(B(c3c(F)c(F)c(F)c(F)c3F)c3c(F)c(F)c(F)c(F)c3F)cc42)c2c(F)c(F)c(F)c(F)c2F)c(F)c1F. The van der Waals surface area contributed by atoms with Crippen molar-refractivity contribution in [3.05, 3.63) is 189 Å². The van der Waals surface area contributed by atoms with Crippen LogP contribution >= 0.6 is 0 Å². The fourth-order valence-corrected chi connectivity index (χ4v) is 9.17. The fourth-order valence-electron chi connectivity index (χ4n) is 9.17. The molecule has 1 aliphatic heterocycles. The summed E-state index contributed by atoms with van der Waals surface area (Å²) in [4.78, 5) is 0. The van der Waals surface area contributed by atoms with Crippen molar-refractivity contribution in [3.63, 3.8) is 0 Å². The Kier molecular flexibility index (Phi) is 10.9. The number of hydrogen-bond acceptors (Lipinski definition) is 1. The van der Waals surface area contributed by atoms with Crippen molar-refractivity contribution in [1.82, 2.24) is 0 Å². The molecule has 0 unspecified atom stereocenters. The first-order valence-electron chi connectivity index (χ1n) is 19.9. The molecule has 9 aromatic rings. The normalized spacial score (nSPS) is 12.1. The van der Waals surface area contributed by atoms with Crippen LogP contribution in [0.1, 0.15) is 0 Å². The molecule has 0 fully saturated rings. The number of hydrogen-bond donors (Lipinski definition) is 0. The molecule has 10 rings (SSSR count). The Bertz CT molecular complexity index is 3640. The van der Waals surface area contributed by atoms with E-state index < -0.39 is 168 Å². The van der Waals surface area contributed by atoms with E-state index in [1.165, 1.54) is 42.5 Å². The molecule has 9 aromatic carbocycles. The lowest BCUT2D eigenvalue weighted by atomic mass is 9.35. The van der Waals surface area contributed by atoms with Crippen LogP contribution in [0, 0.1) is 116 Å². The quantitative estimate of drug-likeness (QED) is 0.0530. The van der Waals surface area contributed by atoms with E-state index in [1.807, 2.05) is 0 Å². The van der Waals surface area contributed by atoms with Crippen LogP contribution in [0.25, 0.3) is 43.4 Å². The third-order valence-electron chi connectivity index (χ3n) is 12.3. The smallest absolute Gasteiger partial charge is 0.257 e. The second-order valence-electron chi connectivity index (χ2n) is 15.9. The van der Waals surface area contributed by atoms with Crippen LogP contribution in [-0.2, 0) is 0 Å². The summed E-state index contributed by atoms with van der Waals surface area (Å²) in [5.74, 6) is -54.6. The molecule has 71 heavy (non-hydrogen) atoms. The Morgan fingerprint density at radius 3 is 1.07 bits per heavy atom. The molecule has 0 aliphatic carbocycles. The van der Waals surface area contributed by atoms with Gasteiger partial charge in [-0.2, -0.15) is 0 Å². The number of halogens is 20. The minimum absolute atomic E-state index is 0.00554. The summed E-state index contributed by atoms with van der Waals surface area (Å²) >= 11 is 0. The Morgan fingerprint density at radius 2 is 0.634 bits per heavy atom. The predicted molar refractivity (Wildman–Crippen MR) is 219 cm³/mol. The second-order valence-corrected chi connectivity index (χ2v) is 15.9. The maximum atomic E-state index is 15.9. The van der Waals surface area contributed by atoms with E-state index in [9.17, 15) is 52.7 Å². The molecule has 1 aliphatic rings. The van der Waals surface area contributed by atoms with Gasteiger partial charge in [-0.05, 0) is 50.7 Å². The average molecular weight is 1010 g/mol. The number of benzene rings is 9. The van der Waals surface area contributed by atoms with Gasteiger partial charge in [-0.1, -0.05) is 65.5 Å². The van der Waals surface area contributed by atoms with Gasteiger partial charge in [-0.3, -0.25) is 0 Å². The number of fused-ring (bicyclic) bond motifs is 6. The molecule has 0 radical (unpaired) electrons. The largest absolute Gasteiger partial charge is 0.456 e. The summed E-state index contributed by atoms with van der Waals surface area (Å²) in [5, 5.41) is -0.471. The van der Waals surface area contributed by atoms with Gasteiger partial charge in [0.15, 0.2) is 116 Å². The van der Waals surface area contributed by atoms with Crippen LogP contribution < -0.4 is 37.5 Å². The van der Waals surface area contributed by atoms with Crippen LogP contribution in [-0.4, -0.2) is 13.4 Å². The summed E-state index contributed by atoms with van der Waals surface area (Å²) in [6.45, 7) is -6.01. The van der Waals surface area contributed by atoms with Gasteiger partial charge in [-0.25, -0.2) is 87.8 Å². The molecule has 0 bridgehead atoms. The van der Waals surface area contributed by atoms with Crippen LogP contribution in [0.5, 0.6) is 11.5 Å². The van der Waals surface area contributed by atoms with Gasteiger partial charge in [0.1, 0.15) is 11.5 Å². The Hall–Kier alpha value is -7.71. The minimum atomic E-state index is -3.01. The zero-order valence-electron chi connectivity index (χ0n) is 34.1. The lowest BCUT2D eigenvalue weighted by Gasteiger charge is -2.26. The van der Waals surface area contributed by atoms with E-state index in [0.717, 1.165) is 30.3 Å². The summed E-state index contributed by atoms with van der Waals surface area (Å²) in [6.07, 6.45) is 0. The number of ether oxygens (including phenoxy) is 1. The highest BCUT2D eigenvalue weighted by atomic mass is 19.2. The third kappa shape index (κ3) is 6.52. The highest BCUT2D eigenvalue weighted by molar-refractivity contribution is 6.97. The van der Waals surface area contributed by atoms with Gasteiger partial charge in [0.2, 0.25) is 0 Å². The standard InChI is InChI=1S/C48H12B2F20O/c51-29-25(30(52)38(60)45(67)37(29)59)49(26-31(53)39(61)46(68)40(62)32(26)54)13-8-9-16-20-11-18-14-4-1-2-5-15(14)21(12-19(18)17-6-3-7-22(24(17)20)71-23(16)10-13)50(27-33(55)41(63)47(69)42(64)34(27)56)28-35(57)43(65)48(70)44(66)36(28)58/h1-12H. The molecule has 0 aromatic heterocycles. The third-order valence-corrected chi connectivity index (χ3v) is 12.3. The molecule has 0 saturated heterocycles. The monoisotopic (exact) mass is 1010 g/mol. The molecule has 0 amide bonds. The summed E-state index contributed by atoms with van der Waals surface area (Å²) < 4.78 is 308. The highest BCUT2D eigenvalue weighted by Gasteiger charge is 2.44. The molecular weight excluding hydrogens is 994 g/mol. The van der Waals surface area contributed by atoms with Crippen LogP contribution in [0.15, 0.2) is 72.8 Å². The van der Waals surface area contributed by atoms with Crippen molar-refractivity contribution >= 4 is 78.5 Å². The molecule has 0 saturated carbocycles. The van der Waals surface area contributed by atoms with Crippen molar-refractivity contribution in [3.8, 4) is 22.6 Å². The Morgan fingerprint density at radius 1 is 0.268 bits per heavy atom. The maximum Gasteiger partial charge on any atom is 0.257 e. The molecule has 23 heteroatoms. The van der Waals surface area contributed by atoms with Crippen molar-refractivity contribution in [2.75, 3.05) is 0 Å². The molecule has 1 heterocycles. The van der Waals surface area contributed by atoms with Crippen LogP contribution in [0.2, 0.25) is 0 Å². The summed E-state index contributed by atoms with van der Waals surface area (Å²) in [6, 6.07) is 13.4. The zero-order chi connectivity index (χ0) is 51.1. The second kappa shape index (κ2) is 16.4. The fraction of sp³-hybridized carbons (Fsp3) is 0. The van der Waals surface area contributed by atoms with Gasteiger partial charge in [0.25, 0.3) is 13.4 Å². The van der Waals surface area contributed by atoms with Gasteiger partial charge in [0, 0.05) is 32.8 Å². The topological polar surface area (TPSA) is 9.23 Å². The summed E-state index contributed by atoms with van der Waals surface area (Å²) in [7, 11) is 0. The Labute approximate surface area is 382 Å². The van der Waals surface area contributed by atoms with E-state index in [0.29, 0.717) is 0 Å². The molecule has 0 N–H and O–H groups in total. The van der Waals surface area contributed by atoms with Crippen molar-refractivity contribution < 1.29 is 92.5 Å². The van der Waals surface area contributed by atoms with E-state index >= 15 is 35.1 Å². The van der Waals surface area contributed by atoms with E-state index in [2.05, 4.69) is 0 Å². The highest BCUT2D eigenvalue weighted by Crippen LogP contribution is 2.49. The Balaban J connectivity index is 1.27. The van der Waals surface area contributed by atoms with E-state index in [4.69, 9.17) is 4.74 Å². The minimum Gasteiger partial charge on any atom is -0.456 e. The van der Waals surface area contributed by atoms with Crippen LogP contribution in [0.4, 0.5) is 87.8 Å². The van der Waals surface area contributed by atoms with E-state index in [1.54, 1.807) is 0 Å². The summed E-state index contributed by atoms with van der Waals surface area (Å²) in [5.41, 5.74) is -9.82. The van der Waals surface area contributed by atoms with Crippen molar-refractivity contribution in [2.45, 2.75) is 0 Å². The first kappa shape index (κ1) is 47.0. The first-order valence-corrected chi connectivity index (χ1v) is 19.9. The first-order chi connectivity index (χ1) is 33.6.